The van der Waals surface area contributed by atoms with Gasteiger partial charge >= 0.3 is 0 Å². The van der Waals surface area contributed by atoms with Gasteiger partial charge < -0.3 is 5.32 Å². The standard InChI is InChI=1S/C19H18N2O3S2/c1-14-5-2-6-15(11-14)19(22)21-13-17(16-7-3-9-20-12-16)26(23,24)18-8-4-10-25-18/h2-12,17H,13H2,1H3,(H,21,22)/t17-/m1/s1. The Balaban J connectivity index is 1.87. The molecule has 1 amide bonds. The Hall–Kier alpha value is -2.51. The lowest BCUT2D eigenvalue weighted by atomic mass is 10.1. The topological polar surface area (TPSA) is 76.1 Å². The van der Waals surface area contributed by atoms with E-state index in [1.807, 2.05) is 13.0 Å². The normalized spacial score (nSPS) is 12.5. The summed E-state index contributed by atoms with van der Waals surface area (Å²) in [4.78, 5) is 16.5. The van der Waals surface area contributed by atoms with Crippen molar-refractivity contribution in [3.05, 3.63) is 83.0 Å². The molecule has 0 fully saturated rings. The average Bonchev–Trinajstić information content (AvgIpc) is 3.18. The molecule has 1 atom stereocenters. The molecule has 0 unspecified atom stereocenters. The van der Waals surface area contributed by atoms with Crippen LogP contribution in [0.3, 0.4) is 0 Å². The molecule has 1 N–H and O–H groups in total. The zero-order valence-electron chi connectivity index (χ0n) is 14.1. The van der Waals surface area contributed by atoms with Crippen molar-refractivity contribution >= 4 is 27.1 Å². The van der Waals surface area contributed by atoms with E-state index >= 15 is 0 Å². The lowest BCUT2D eigenvalue weighted by Gasteiger charge is -2.18. The van der Waals surface area contributed by atoms with Crippen molar-refractivity contribution in [1.29, 1.82) is 0 Å². The van der Waals surface area contributed by atoms with Crippen LogP contribution < -0.4 is 5.32 Å². The van der Waals surface area contributed by atoms with E-state index in [4.69, 9.17) is 0 Å². The van der Waals surface area contributed by atoms with E-state index in [0.717, 1.165) is 16.9 Å². The predicted molar refractivity (Wildman–Crippen MR) is 102 cm³/mol. The fourth-order valence-electron chi connectivity index (χ4n) is 2.61. The molecule has 5 nitrogen and oxygen atoms in total. The van der Waals surface area contributed by atoms with Crippen LogP contribution in [0.5, 0.6) is 0 Å². The Labute approximate surface area is 156 Å². The number of aryl methyl sites for hydroxylation is 1. The number of benzene rings is 1. The molecule has 26 heavy (non-hydrogen) atoms. The first-order chi connectivity index (χ1) is 12.5. The minimum Gasteiger partial charge on any atom is -0.350 e. The number of pyridine rings is 1. The summed E-state index contributed by atoms with van der Waals surface area (Å²) in [6.45, 7) is 1.87. The number of thiophene rings is 1. The molecule has 3 rings (SSSR count). The molecular formula is C19H18N2O3S2. The molecule has 0 spiro atoms. The summed E-state index contributed by atoms with van der Waals surface area (Å²) in [7, 11) is -3.63. The highest BCUT2D eigenvalue weighted by molar-refractivity contribution is 7.93. The third-order valence-corrected chi connectivity index (χ3v) is 7.47. The number of sulfone groups is 1. The van der Waals surface area contributed by atoms with E-state index in [0.29, 0.717) is 11.1 Å². The van der Waals surface area contributed by atoms with Gasteiger partial charge in [0.2, 0.25) is 0 Å². The largest absolute Gasteiger partial charge is 0.350 e. The van der Waals surface area contributed by atoms with Gasteiger partial charge in [-0.15, -0.1) is 11.3 Å². The number of amides is 1. The summed E-state index contributed by atoms with van der Waals surface area (Å²) < 4.78 is 26.3. The van der Waals surface area contributed by atoms with Crippen molar-refractivity contribution in [2.75, 3.05) is 6.54 Å². The summed E-state index contributed by atoms with van der Waals surface area (Å²) in [6.07, 6.45) is 3.11. The zero-order chi connectivity index (χ0) is 18.6. The molecule has 1 aromatic carbocycles. The van der Waals surface area contributed by atoms with Crippen LogP contribution in [0.2, 0.25) is 0 Å². The second kappa shape index (κ2) is 7.80. The Morgan fingerprint density at radius 1 is 1.19 bits per heavy atom. The van der Waals surface area contributed by atoms with Gasteiger partial charge in [-0.2, -0.15) is 0 Å². The van der Waals surface area contributed by atoms with Crippen LogP contribution in [0, 0.1) is 6.92 Å². The van der Waals surface area contributed by atoms with Crippen molar-refractivity contribution < 1.29 is 13.2 Å². The number of hydrogen-bond acceptors (Lipinski definition) is 5. The van der Waals surface area contributed by atoms with Crippen molar-refractivity contribution in [2.24, 2.45) is 0 Å². The van der Waals surface area contributed by atoms with Gasteiger partial charge in [-0.3, -0.25) is 9.78 Å². The zero-order valence-corrected chi connectivity index (χ0v) is 15.8. The maximum Gasteiger partial charge on any atom is 0.251 e. The Kier molecular flexibility index (Phi) is 5.49. The minimum absolute atomic E-state index is 0.0291. The minimum atomic E-state index is -3.63. The maximum atomic E-state index is 13.0. The van der Waals surface area contributed by atoms with Gasteiger partial charge in [0.25, 0.3) is 5.91 Å². The monoisotopic (exact) mass is 386 g/mol. The summed E-state index contributed by atoms with van der Waals surface area (Å²) in [5.41, 5.74) is 2.02. The van der Waals surface area contributed by atoms with Gasteiger partial charge in [0.1, 0.15) is 9.46 Å². The lowest BCUT2D eigenvalue weighted by Crippen LogP contribution is -2.31. The highest BCUT2D eigenvalue weighted by atomic mass is 32.2. The van der Waals surface area contributed by atoms with Crippen molar-refractivity contribution in [2.45, 2.75) is 16.4 Å². The molecule has 0 aliphatic carbocycles. The smallest absolute Gasteiger partial charge is 0.251 e. The Morgan fingerprint density at radius 3 is 2.69 bits per heavy atom. The predicted octanol–water partition coefficient (Wildman–Crippen LogP) is 3.40. The third-order valence-electron chi connectivity index (χ3n) is 3.93. The summed E-state index contributed by atoms with van der Waals surface area (Å²) in [6, 6.07) is 13.8. The summed E-state index contributed by atoms with van der Waals surface area (Å²) >= 11 is 1.16. The summed E-state index contributed by atoms with van der Waals surface area (Å²) in [5.74, 6) is -0.302. The second-order valence-electron chi connectivity index (χ2n) is 5.83. The van der Waals surface area contributed by atoms with Crippen LogP contribution in [0.4, 0.5) is 0 Å². The number of rotatable bonds is 6. The van der Waals surface area contributed by atoms with E-state index in [2.05, 4.69) is 10.3 Å². The van der Waals surface area contributed by atoms with E-state index < -0.39 is 15.1 Å². The van der Waals surface area contributed by atoms with Crippen molar-refractivity contribution in [3.8, 4) is 0 Å². The Morgan fingerprint density at radius 2 is 2.04 bits per heavy atom. The molecule has 0 bridgehead atoms. The molecule has 3 aromatic rings. The van der Waals surface area contributed by atoms with Gasteiger partial charge in [0.05, 0.1) is 0 Å². The van der Waals surface area contributed by atoms with Gasteiger partial charge in [-0.1, -0.05) is 29.8 Å². The third kappa shape index (κ3) is 4.00. The fourth-order valence-corrected chi connectivity index (χ4v) is 5.46. The second-order valence-corrected chi connectivity index (χ2v) is 9.14. The number of aromatic nitrogens is 1. The van der Waals surface area contributed by atoms with Crippen LogP contribution >= 0.6 is 11.3 Å². The highest BCUT2D eigenvalue weighted by Crippen LogP contribution is 2.30. The first-order valence-corrected chi connectivity index (χ1v) is 10.4. The van der Waals surface area contributed by atoms with Crippen molar-refractivity contribution in [3.63, 3.8) is 0 Å². The van der Waals surface area contributed by atoms with Crippen molar-refractivity contribution in [1.82, 2.24) is 10.3 Å². The molecular weight excluding hydrogens is 368 g/mol. The number of carbonyl (C=O) groups excluding carboxylic acids is 1. The molecule has 134 valence electrons. The van der Waals surface area contributed by atoms with Crippen LogP contribution in [-0.2, 0) is 9.84 Å². The Bertz CT molecular complexity index is 985. The number of nitrogens with zero attached hydrogens (tertiary/aromatic N) is 1. The van der Waals surface area contributed by atoms with Gasteiger partial charge in [0, 0.05) is 24.5 Å². The number of carbonyl (C=O) groups is 1. The molecule has 0 aliphatic rings. The van der Waals surface area contributed by atoms with Crippen LogP contribution in [-0.4, -0.2) is 25.9 Å². The van der Waals surface area contributed by atoms with Crippen LogP contribution in [0.1, 0.15) is 26.7 Å². The molecule has 7 heteroatoms. The lowest BCUT2D eigenvalue weighted by molar-refractivity contribution is 0.0953. The molecule has 2 aromatic heterocycles. The molecule has 0 radical (unpaired) electrons. The van der Waals surface area contributed by atoms with Gasteiger partial charge in [-0.25, -0.2) is 8.42 Å². The van der Waals surface area contributed by atoms with Crippen LogP contribution in [0.25, 0.3) is 0 Å². The first-order valence-electron chi connectivity index (χ1n) is 8.00. The SMILES string of the molecule is Cc1cccc(C(=O)NC[C@H](c2cccnc2)S(=O)(=O)c2cccs2)c1. The number of nitrogens with one attached hydrogen (secondary N) is 1. The maximum absolute atomic E-state index is 13.0. The molecule has 0 saturated carbocycles. The average molecular weight is 386 g/mol. The molecule has 0 saturated heterocycles. The first kappa shape index (κ1) is 18.3. The highest BCUT2D eigenvalue weighted by Gasteiger charge is 2.30. The summed E-state index contributed by atoms with van der Waals surface area (Å²) in [5, 5.41) is 3.57. The van der Waals surface area contributed by atoms with E-state index in [1.54, 1.807) is 54.0 Å². The quantitative estimate of drug-likeness (QED) is 0.704. The van der Waals surface area contributed by atoms with E-state index in [1.165, 1.54) is 6.20 Å². The van der Waals surface area contributed by atoms with Crippen LogP contribution in [0.15, 0.2) is 70.5 Å². The molecule has 0 aliphatic heterocycles. The van der Waals surface area contributed by atoms with E-state index in [-0.39, 0.29) is 16.7 Å². The number of hydrogen-bond donors (Lipinski definition) is 1. The van der Waals surface area contributed by atoms with Gasteiger partial charge in [0.15, 0.2) is 9.84 Å². The molecule has 2 heterocycles. The van der Waals surface area contributed by atoms with E-state index in [9.17, 15) is 13.2 Å². The van der Waals surface area contributed by atoms with Gasteiger partial charge in [-0.05, 0) is 42.1 Å². The fraction of sp³-hybridized carbons (Fsp3) is 0.158.